The van der Waals surface area contributed by atoms with Gasteiger partial charge < -0.3 is 15.6 Å². The summed E-state index contributed by atoms with van der Waals surface area (Å²) in [6.07, 6.45) is 1.67. The molecule has 1 aromatic heterocycles. The van der Waals surface area contributed by atoms with Crippen molar-refractivity contribution >= 4 is 17.1 Å². The van der Waals surface area contributed by atoms with Gasteiger partial charge in [0.2, 0.25) is 0 Å². The lowest BCUT2D eigenvalue weighted by Crippen LogP contribution is -2.30. The first kappa shape index (κ1) is 8.55. The van der Waals surface area contributed by atoms with E-state index in [2.05, 4.69) is 10.3 Å². The summed E-state index contributed by atoms with van der Waals surface area (Å²) in [4.78, 5) is 14.7. The van der Waals surface area contributed by atoms with Gasteiger partial charge in [0.15, 0.2) is 0 Å². The van der Waals surface area contributed by atoms with Crippen molar-refractivity contribution < 1.29 is 4.79 Å². The lowest BCUT2D eigenvalue weighted by Gasteiger charge is -2.03. The van der Waals surface area contributed by atoms with Gasteiger partial charge in [0.25, 0.3) is 0 Å². The molecule has 0 saturated heterocycles. The zero-order chi connectivity index (χ0) is 9.97. The molecule has 1 heterocycles. The molecule has 0 fully saturated rings. The highest BCUT2D eigenvalue weighted by Crippen LogP contribution is 2.10. The Hall–Kier alpha value is -2.04. The lowest BCUT2D eigenvalue weighted by molar-refractivity contribution is 0.246. The summed E-state index contributed by atoms with van der Waals surface area (Å²) >= 11 is 0. The molecule has 2 aromatic rings. The van der Waals surface area contributed by atoms with Crippen molar-refractivity contribution in [2.24, 2.45) is 5.73 Å². The zero-order valence-electron chi connectivity index (χ0n) is 7.47. The van der Waals surface area contributed by atoms with E-state index in [1.165, 1.54) is 0 Å². The molecule has 14 heavy (non-hydrogen) atoms. The molecule has 0 unspecified atom stereocenters. The highest BCUT2D eigenvalue weighted by Gasteiger charge is 2.00. The van der Waals surface area contributed by atoms with Gasteiger partial charge in [0.05, 0.1) is 24.0 Å². The third-order valence-electron chi connectivity index (χ3n) is 1.95. The van der Waals surface area contributed by atoms with Crippen molar-refractivity contribution in [3.8, 4) is 0 Å². The summed E-state index contributed by atoms with van der Waals surface area (Å²) in [5.41, 5.74) is 6.84. The second kappa shape index (κ2) is 3.37. The SMILES string of the molecule is NC(=O)NCn1cnc2ccccc21. The number of primary amides is 1. The van der Waals surface area contributed by atoms with Gasteiger partial charge in [0.1, 0.15) is 0 Å². The maximum Gasteiger partial charge on any atom is 0.313 e. The number of aromatic nitrogens is 2. The van der Waals surface area contributed by atoms with Crippen molar-refractivity contribution in [2.45, 2.75) is 6.67 Å². The molecule has 0 aliphatic rings. The highest BCUT2D eigenvalue weighted by molar-refractivity contribution is 5.75. The van der Waals surface area contributed by atoms with Crippen molar-refractivity contribution in [2.75, 3.05) is 0 Å². The van der Waals surface area contributed by atoms with Crippen LogP contribution in [0.3, 0.4) is 0 Å². The van der Waals surface area contributed by atoms with Gasteiger partial charge in [-0.3, -0.25) is 0 Å². The van der Waals surface area contributed by atoms with Crippen LogP contribution >= 0.6 is 0 Å². The van der Waals surface area contributed by atoms with Crippen LogP contribution in [-0.4, -0.2) is 15.6 Å². The van der Waals surface area contributed by atoms with Crippen LogP contribution in [0.25, 0.3) is 11.0 Å². The van der Waals surface area contributed by atoms with Gasteiger partial charge >= 0.3 is 6.03 Å². The number of nitrogens with zero attached hydrogens (tertiary/aromatic N) is 2. The van der Waals surface area contributed by atoms with Gasteiger partial charge in [0, 0.05) is 0 Å². The molecule has 5 nitrogen and oxygen atoms in total. The first-order chi connectivity index (χ1) is 6.77. The maximum atomic E-state index is 10.5. The molecule has 0 spiro atoms. The quantitative estimate of drug-likeness (QED) is 0.730. The Bertz CT molecular complexity index is 463. The van der Waals surface area contributed by atoms with Crippen LogP contribution in [0.15, 0.2) is 30.6 Å². The number of urea groups is 1. The topological polar surface area (TPSA) is 72.9 Å². The number of fused-ring (bicyclic) bond motifs is 1. The normalized spacial score (nSPS) is 10.3. The van der Waals surface area contributed by atoms with E-state index in [0.29, 0.717) is 6.67 Å². The van der Waals surface area contributed by atoms with E-state index in [-0.39, 0.29) is 0 Å². The average Bonchev–Trinajstić information content (AvgIpc) is 2.58. The summed E-state index contributed by atoms with van der Waals surface area (Å²) in [6, 6.07) is 7.15. The first-order valence-electron chi connectivity index (χ1n) is 4.20. The van der Waals surface area contributed by atoms with Crippen LogP contribution < -0.4 is 11.1 Å². The molecular formula is C9H10N4O. The van der Waals surface area contributed by atoms with Crippen molar-refractivity contribution in [1.82, 2.24) is 14.9 Å². The van der Waals surface area contributed by atoms with E-state index in [1.807, 2.05) is 28.8 Å². The second-order valence-electron chi connectivity index (χ2n) is 2.90. The molecule has 1 aromatic carbocycles. The minimum Gasteiger partial charge on any atom is -0.352 e. The Morgan fingerprint density at radius 3 is 3.07 bits per heavy atom. The van der Waals surface area contributed by atoms with Gasteiger partial charge in [-0.15, -0.1) is 0 Å². The molecule has 0 saturated carbocycles. The van der Waals surface area contributed by atoms with Crippen molar-refractivity contribution in [1.29, 1.82) is 0 Å². The Morgan fingerprint density at radius 2 is 2.29 bits per heavy atom. The second-order valence-corrected chi connectivity index (χ2v) is 2.90. The van der Waals surface area contributed by atoms with Gasteiger partial charge in [-0.1, -0.05) is 12.1 Å². The molecule has 0 bridgehead atoms. The fraction of sp³-hybridized carbons (Fsp3) is 0.111. The number of nitrogens with two attached hydrogens (primary N) is 1. The van der Waals surface area contributed by atoms with E-state index in [4.69, 9.17) is 5.73 Å². The summed E-state index contributed by atoms with van der Waals surface area (Å²) in [5.74, 6) is 0. The van der Waals surface area contributed by atoms with Gasteiger partial charge in [-0.2, -0.15) is 0 Å². The van der Waals surface area contributed by atoms with E-state index in [1.54, 1.807) is 6.33 Å². The van der Waals surface area contributed by atoms with Crippen LogP contribution in [0.1, 0.15) is 0 Å². The van der Waals surface area contributed by atoms with E-state index < -0.39 is 6.03 Å². The monoisotopic (exact) mass is 190 g/mol. The Kier molecular flexibility index (Phi) is 2.06. The highest BCUT2D eigenvalue weighted by atomic mass is 16.2. The molecule has 5 heteroatoms. The smallest absolute Gasteiger partial charge is 0.313 e. The number of rotatable bonds is 2. The summed E-state index contributed by atoms with van der Waals surface area (Å²) < 4.78 is 1.82. The largest absolute Gasteiger partial charge is 0.352 e. The Labute approximate surface area is 80.5 Å². The number of carbonyl (C=O) groups excluding carboxylic acids is 1. The summed E-state index contributed by atoms with van der Waals surface area (Å²) in [5, 5.41) is 2.50. The first-order valence-corrected chi connectivity index (χ1v) is 4.20. The minimum absolute atomic E-state index is 0.343. The zero-order valence-corrected chi connectivity index (χ0v) is 7.47. The van der Waals surface area contributed by atoms with E-state index in [9.17, 15) is 4.79 Å². The fourth-order valence-corrected chi connectivity index (χ4v) is 1.30. The molecule has 0 aliphatic carbocycles. The molecule has 2 rings (SSSR count). The standard InChI is InChI=1S/C9H10N4O/c10-9(14)12-6-13-5-11-7-3-1-2-4-8(7)13/h1-5H,6H2,(H3,10,12,14). The van der Waals surface area contributed by atoms with Crippen molar-refractivity contribution in [3.05, 3.63) is 30.6 Å². The maximum absolute atomic E-state index is 10.5. The lowest BCUT2D eigenvalue weighted by atomic mass is 10.3. The third kappa shape index (κ3) is 1.52. The van der Waals surface area contributed by atoms with Crippen LogP contribution in [0.2, 0.25) is 0 Å². The summed E-state index contributed by atoms with van der Waals surface area (Å²) in [6.45, 7) is 0.343. The van der Waals surface area contributed by atoms with Gasteiger partial charge in [-0.05, 0) is 12.1 Å². The fourth-order valence-electron chi connectivity index (χ4n) is 1.30. The molecule has 72 valence electrons. The number of hydrogen-bond donors (Lipinski definition) is 2. The third-order valence-corrected chi connectivity index (χ3v) is 1.95. The minimum atomic E-state index is -0.539. The Morgan fingerprint density at radius 1 is 1.50 bits per heavy atom. The molecule has 0 radical (unpaired) electrons. The number of nitrogens with one attached hydrogen (secondary N) is 1. The van der Waals surface area contributed by atoms with Crippen molar-refractivity contribution in [3.63, 3.8) is 0 Å². The van der Waals surface area contributed by atoms with Crippen LogP contribution in [-0.2, 0) is 6.67 Å². The molecular weight excluding hydrogens is 180 g/mol. The number of carbonyl (C=O) groups is 1. The predicted octanol–water partition coefficient (Wildman–Crippen LogP) is 0.662. The number of benzene rings is 1. The molecule has 0 atom stereocenters. The van der Waals surface area contributed by atoms with E-state index in [0.717, 1.165) is 11.0 Å². The molecule has 3 N–H and O–H groups in total. The van der Waals surface area contributed by atoms with Gasteiger partial charge in [-0.25, -0.2) is 9.78 Å². The van der Waals surface area contributed by atoms with Crippen LogP contribution in [0.5, 0.6) is 0 Å². The predicted molar refractivity (Wildman–Crippen MR) is 52.5 cm³/mol. The van der Waals surface area contributed by atoms with Crippen LogP contribution in [0.4, 0.5) is 4.79 Å². The summed E-state index contributed by atoms with van der Waals surface area (Å²) in [7, 11) is 0. The number of hydrogen-bond acceptors (Lipinski definition) is 2. The number of imidazole rings is 1. The Balaban J connectivity index is 2.29. The average molecular weight is 190 g/mol. The molecule has 2 amide bonds. The number of amides is 2. The molecule has 0 aliphatic heterocycles. The van der Waals surface area contributed by atoms with E-state index >= 15 is 0 Å². The van der Waals surface area contributed by atoms with Crippen LogP contribution in [0, 0.1) is 0 Å². The number of para-hydroxylation sites is 2.